The molecule has 0 saturated heterocycles. The van der Waals surface area contributed by atoms with Crippen molar-refractivity contribution in [2.75, 3.05) is 6.61 Å². The molecular weight excluding hydrogens is 300 g/mol. The highest BCUT2D eigenvalue weighted by Crippen LogP contribution is 2.74. The summed E-state index contributed by atoms with van der Waals surface area (Å²) in [5.74, 6) is 1.66. The van der Waals surface area contributed by atoms with Gasteiger partial charge in [0, 0.05) is 10.4 Å². The molecule has 0 N–H and O–H groups in total. The lowest BCUT2D eigenvalue weighted by atomic mass is 10.00. The molecule has 1 nitrogen and oxygen atoms in total. The monoisotopic (exact) mass is 324 g/mol. The van der Waals surface area contributed by atoms with Crippen molar-refractivity contribution in [1.29, 1.82) is 0 Å². The van der Waals surface area contributed by atoms with Crippen LogP contribution in [0, 0.1) is 23.7 Å². The molecule has 1 atom stereocenters. The van der Waals surface area contributed by atoms with Crippen LogP contribution in [-0.4, -0.2) is 6.61 Å². The summed E-state index contributed by atoms with van der Waals surface area (Å²) < 4.78 is 5.80. The van der Waals surface area contributed by atoms with E-state index in [0.29, 0.717) is 28.2 Å². The van der Waals surface area contributed by atoms with Gasteiger partial charge in [-0.3, -0.25) is 0 Å². The van der Waals surface area contributed by atoms with Gasteiger partial charge < -0.3 is 4.74 Å². The van der Waals surface area contributed by atoms with Crippen LogP contribution in [0.25, 0.3) is 0 Å². The van der Waals surface area contributed by atoms with Crippen molar-refractivity contribution >= 4 is 15.9 Å². The Balaban J connectivity index is 2.34. The quantitative estimate of drug-likeness (QED) is 0.663. The fourth-order valence-corrected chi connectivity index (χ4v) is 5.01. The van der Waals surface area contributed by atoms with E-state index in [1.807, 2.05) is 6.92 Å². The fraction of sp³-hybridized carbons (Fsp3) is 0.647. The number of rotatable bonds is 4. The maximum absolute atomic E-state index is 5.80. The van der Waals surface area contributed by atoms with E-state index in [4.69, 9.17) is 4.74 Å². The van der Waals surface area contributed by atoms with Crippen molar-refractivity contribution in [2.45, 2.75) is 46.4 Å². The molecular formula is C17H25BrO. The third kappa shape index (κ3) is 2.33. The molecule has 0 amide bonds. The first-order chi connectivity index (χ1) is 8.73. The third-order valence-electron chi connectivity index (χ3n) is 5.19. The molecule has 19 heavy (non-hydrogen) atoms. The second kappa shape index (κ2) is 4.80. The van der Waals surface area contributed by atoms with E-state index in [0.717, 1.165) is 5.75 Å². The van der Waals surface area contributed by atoms with E-state index in [1.54, 1.807) is 0 Å². The zero-order valence-corrected chi connectivity index (χ0v) is 14.5. The molecule has 1 unspecified atom stereocenters. The molecule has 1 aliphatic rings. The molecule has 2 heteroatoms. The summed E-state index contributed by atoms with van der Waals surface area (Å²) in [6.07, 6.45) is 0. The fourth-order valence-electron chi connectivity index (χ4n) is 3.33. The van der Waals surface area contributed by atoms with E-state index in [9.17, 15) is 0 Å². The number of hydrogen-bond donors (Lipinski definition) is 0. The highest BCUT2D eigenvalue weighted by atomic mass is 79.9. The van der Waals surface area contributed by atoms with Crippen LogP contribution in [0.5, 0.6) is 5.75 Å². The summed E-state index contributed by atoms with van der Waals surface area (Å²) in [6, 6.07) is 6.48. The Bertz CT molecular complexity index is 462. The van der Waals surface area contributed by atoms with Gasteiger partial charge in [-0.2, -0.15) is 0 Å². The minimum absolute atomic E-state index is 0.360. The summed E-state index contributed by atoms with van der Waals surface area (Å²) in [4.78, 5) is 0.360. The molecule has 0 radical (unpaired) electrons. The molecule has 0 aromatic heterocycles. The Hall–Kier alpha value is -0.500. The zero-order chi connectivity index (χ0) is 14.4. The van der Waals surface area contributed by atoms with Gasteiger partial charge in [-0.05, 0) is 36.7 Å². The first-order valence-corrected chi connectivity index (χ1v) is 8.02. The van der Waals surface area contributed by atoms with Crippen LogP contribution in [0.2, 0.25) is 0 Å². The van der Waals surface area contributed by atoms with Gasteiger partial charge in [0.1, 0.15) is 5.75 Å². The van der Waals surface area contributed by atoms with E-state index in [2.05, 4.69) is 68.7 Å². The summed E-state index contributed by atoms with van der Waals surface area (Å²) in [5.41, 5.74) is 3.33. The van der Waals surface area contributed by atoms with Gasteiger partial charge >= 0.3 is 0 Å². The average Bonchev–Trinajstić information content (AvgIpc) is 2.71. The number of ether oxygens (including phenoxy) is 1. The second-order valence-electron chi connectivity index (χ2n) is 6.80. The smallest absolute Gasteiger partial charge is 0.123 e. The standard InChI is InChI=1S/C17H25BrO/c1-7-19-13-9-8-11(2)10-12(13)14(18)15-16(3,4)17(15,5)6/h8-10,14-15H,7H2,1-6H3. The van der Waals surface area contributed by atoms with Gasteiger partial charge in [-0.25, -0.2) is 0 Å². The van der Waals surface area contributed by atoms with Gasteiger partial charge in [-0.15, -0.1) is 0 Å². The van der Waals surface area contributed by atoms with E-state index in [-0.39, 0.29) is 0 Å². The van der Waals surface area contributed by atoms with Crippen LogP contribution in [-0.2, 0) is 0 Å². The number of halogens is 1. The molecule has 0 aliphatic heterocycles. The molecule has 1 saturated carbocycles. The van der Waals surface area contributed by atoms with Crippen molar-refractivity contribution in [2.24, 2.45) is 16.7 Å². The lowest BCUT2D eigenvalue weighted by Gasteiger charge is -2.18. The normalized spacial score (nSPS) is 22.1. The molecule has 1 aromatic rings. The molecule has 0 bridgehead atoms. The number of alkyl halides is 1. The first kappa shape index (κ1) is 14.9. The molecule has 2 rings (SSSR count). The lowest BCUT2D eigenvalue weighted by Crippen LogP contribution is -2.04. The third-order valence-corrected chi connectivity index (χ3v) is 6.21. The molecule has 0 spiro atoms. The summed E-state index contributed by atoms with van der Waals surface area (Å²) in [5, 5.41) is 0. The van der Waals surface area contributed by atoms with Crippen LogP contribution in [0.4, 0.5) is 0 Å². The van der Waals surface area contributed by atoms with Crippen molar-refractivity contribution in [3.8, 4) is 5.75 Å². The highest BCUT2D eigenvalue weighted by molar-refractivity contribution is 9.09. The van der Waals surface area contributed by atoms with Crippen molar-refractivity contribution in [1.82, 2.24) is 0 Å². The Morgan fingerprint density at radius 3 is 2.26 bits per heavy atom. The second-order valence-corrected chi connectivity index (χ2v) is 7.78. The minimum Gasteiger partial charge on any atom is -0.494 e. The highest BCUT2D eigenvalue weighted by Gasteiger charge is 2.67. The Morgan fingerprint density at radius 2 is 1.79 bits per heavy atom. The summed E-state index contributed by atoms with van der Waals surface area (Å²) in [6.45, 7) is 14.3. The largest absolute Gasteiger partial charge is 0.494 e. The van der Waals surface area contributed by atoms with Gasteiger partial charge in [0.05, 0.1) is 6.61 Å². The first-order valence-electron chi connectivity index (χ1n) is 7.11. The minimum atomic E-state index is 0.360. The molecule has 1 aliphatic carbocycles. The van der Waals surface area contributed by atoms with Crippen molar-refractivity contribution in [3.63, 3.8) is 0 Å². The zero-order valence-electron chi connectivity index (χ0n) is 12.9. The predicted molar refractivity (Wildman–Crippen MR) is 85.1 cm³/mol. The van der Waals surface area contributed by atoms with Crippen LogP contribution in [0.1, 0.15) is 50.6 Å². The van der Waals surface area contributed by atoms with Crippen LogP contribution < -0.4 is 4.74 Å². The Kier molecular flexibility index (Phi) is 3.77. The van der Waals surface area contributed by atoms with Crippen molar-refractivity contribution in [3.05, 3.63) is 29.3 Å². The van der Waals surface area contributed by atoms with Crippen molar-refractivity contribution < 1.29 is 4.74 Å². The molecule has 0 heterocycles. The summed E-state index contributed by atoms with van der Waals surface area (Å²) >= 11 is 3.94. The van der Waals surface area contributed by atoms with E-state index >= 15 is 0 Å². The Labute approximate surface area is 125 Å². The molecule has 1 aromatic carbocycles. The maximum Gasteiger partial charge on any atom is 0.123 e. The SMILES string of the molecule is CCOc1ccc(C)cc1C(Br)C1C(C)(C)C1(C)C. The van der Waals surface area contributed by atoms with Gasteiger partial charge in [0.2, 0.25) is 0 Å². The van der Waals surface area contributed by atoms with Crippen LogP contribution in [0.3, 0.4) is 0 Å². The maximum atomic E-state index is 5.80. The topological polar surface area (TPSA) is 9.23 Å². The van der Waals surface area contributed by atoms with Gasteiger partial charge in [0.25, 0.3) is 0 Å². The van der Waals surface area contributed by atoms with Crippen LogP contribution in [0.15, 0.2) is 18.2 Å². The van der Waals surface area contributed by atoms with E-state index < -0.39 is 0 Å². The predicted octanol–water partition coefficient (Wildman–Crippen LogP) is 5.51. The number of benzene rings is 1. The summed E-state index contributed by atoms with van der Waals surface area (Å²) in [7, 11) is 0. The van der Waals surface area contributed by atoms with Gasteiger partial charge in [0.15, 0.2) is 0 Å². The average molecular weight is 325 g/mol. The molecule has 1 fully saturated rings. The number of hydrogen-bond acceptors (Lipinski definition) is 1. The van der Waals surface area contributed by atoms with E-state index in [1.165, 1.54) is 11.1 Å². The lowest BCUT2D eigenvalue weighted by molar-refractivity contribution is 0.335. The molecule has 106 valence electrons. The van der Waals surface area contributed by atoms with Gasteiger partial charge in [-0.1, -0.05) is 61.3 Å². The number of aryl methyl sites for hydroxylation is 1. The Morgan fingerprint density at radius 1 is 1.21 bits per heavy atom. The van der Waals surface area contributed by atoms with Crippen LogP contribution >= 0.6 is 15.9 Å².